The van der Waals surface area contributed by atoms with Gasteiger partial charge in [-0.25, -0.2) is 9.38 Å². The van der Waals surface area contributed by atoms with Gasteiger partial charge in [0.15, 0.2) is 11.7 Å². The van der Waals surface area contributed by atoms with Crippen LogP contribution in [0.2, 0.25) is 0 Å². The number of nitrogens with zero attached hydrogens (tertiary/aromatic N) is 3. The largest absolute Gasteiger partial charge is 0.459 e. The fraction of sp³-hybridized carbons (Fsp3) is 0.400. The number of alkyl halides is 3. The average Bonchev–Trinajstić information content (AvgIpc) is 3.25. The molecule has 2 heterocycles. The summed E-state index contributed by atoms with van der Waals surface area (Å²) in [4.78, 5) is 20.2. The lowest BCUT2D eigenvalue weighted by molar-refractivity contribution is -0.138. The molecule has 0 aliphatic carbocycles. The molecular weight excluding hydrogens is 404 g/mol. The number of nitrogens with one attached hydrogen (secondary N) is 1. The molecule has 0 radical (unpaired) electrons. The van der Waals surface area contributed by atoms with E-state index in [0.717, 1.165) is 12.1 Å². The van der Waals surface area contributed by atoms with Gasteiger partial charge in [0.25, 0.3) is 5.91 Å². The number of piperazine rings is 1. The van der Waals surface area contributed by atoms with Crippen LogP contribution < -0.4 is 5.32 Å². The van der Waals surface area contributed by atoms with Crippen LogP contribution in [0.5, 0.6) is 0 Å². The molecule has 1 saturated heterocycles. The molecule has 3 rings (SSSR count). The second kappa shape index (κ2) is 9.19. The average molecular weight is 426 g/mol. The van der Waals surface area contributed by atoms with Crippen LogP contribution in [-0.2, 0) is 12.7 Å². The molecular formula is C20H22F4N4O2. The van der Waals surface area contributed by atoms with E-state index in [9.17, 15) is 22.4 Å². The number of carbonyl (C=O) groups is 1. The second-order valence-electron chi connectivity index (χ2n) is 6.73. The highest BCUT2D eigenvalue weighted by Gasteiger charge is 2.33. The third-order valence-corrected chi connectivity index (χ3v) is 4.71. The van der Waals surface area contributed by atoms with Crippen molar-refractivity contribution in [2.45, 2.75) is 19.6 Å². The number of guanidine groups is 1. The van der Waals surface area contributed by atoms with E-state index in [1.54, 1.807) is 17.0 Å². The molecule has 6 nitrogen and oxygen atoms in total. The number of benzene rings is 1. The molecule has 30 heavy (non-hydrogen) atoms. The number of amides is 1. The van der Waals surface area contributed by atoms with Gasteiger partial charge in [0.1, 0.15) is 5.82 Å². The molecule has 2 aromatic rings. The highest BCUT2D eigenvalue weighted by atomic mass is 19.4. The highest BCUT2D eigenvalue weighted by Crippen LogP contribution is 2.32. The van der Waals surface area contributed by atoms with Crippen molar-refractivity contribution in [2.75, 3.05) is 32.7 Å². The van der Waals surface area contributed by atoms with Gasteiger partial charge in [0.05, 0.1) is 18.4 Å². The Labute approximate surface area is 171 Å². The summed E-state index contributed by atoms with van der Waals surface area (Å²) >= 11 is 0. The lowest BCUT2D eigenvalue weighted by Gasteiger charge is -2.36. The van der Waals surface area contributed by atoms with Crippen molar-refractivity contribution in [1.29, 1.82) is 0 Å². The van der Waals surface area contributed by atoms with E-state index >= 15 is 0 Å². The maximum Gasteiger partial charge on any atom is 0.416 e. The van der Waals surface area contributed by atoms with Crippen LogP contribution in [0.15, 0.2) is 46.0 Å². The first-order chi connectivity index (χ1) is 14.3. The first-order valence-corrected chi connectivity index (χ1v) is 9.51. The molecule has 0 bridgehead atoms. The predicted octanol–water partition coefficient (Wildman–Crippen LogP) is 3.36. The van der Waals surface area contributed by atoms with Crippen LogP contribution in [0.1, 0.15) is 28.6 Å². The molecule has 1 aromatic heterocycles. The Bertz CT molecular complexity index is 889. The molecule has 1 aromatic carbocycles. The summed E-state index contributed by atoms with van der Waals surface area (Å²) in [5.41, 5.74) is -1.14. The molecule has 0 unspecified atom stereocenters. The number of aliphatic imine (C=N–C) groups is 1. The van der Waals surface area contributed by atoms with E-state index in [4.69, 9.17) is 4.42 Å². The Balaban J connectivity index is 1.70. The number of halogens is 4. The predicted molar refractivity (Wildman–Crippen MR) is 102 cm³/mol. The smallest absolute Gasteiger partial charge is 0.416 e. The van der Waals surface area contributed by atoms with Gasteiger partial charge in [0, 0.05) is 32.7 Å². The topological polar surface area (TPSA) is 61.1 Å². The minimum Gasteiger partial charge on any atom is -0.459 e. The van der Waals surface area contributed by atoms with Gasteiger partial charge in [0.2, 0.25) is 0 Å². The van der Waals surface area contributed by atoms with Gasteiger partial charge in [-0.15, -0.1) is 0 Å². The number of furan rings is 1. The van der Waals surface area contributed by atoms with Gasteiger partial charge in [-0.2, -0.15) is 13.2 Å². The second-order valence-corrected chi connectivity index (χ2v) is 6.73. The summed E-state index contributed by atoms with van der Waals surface area (Å²) in [7, 11) is 0. The Morgan fingerprint density at radius 1 is 1.17 bits per heavy atom. The van der Waals surface area contributed by atoms with Gasteiger partial charge in [-0.1, -0.05) is 6.07 Å². The van der Waals surface area contributed by atoms with Crippen molar-refractivity contribution >= 4 is 11.9 Å². The monoisotopic (exact) mass is 426 g/mol. The van der Waals surface area contributed by atoms with Crippen molar-refractivity contribution in [3.05, 3.63) is 59.3 Å². The molecule has 1 aliphatic rings. The molecule has 1 N–H and O–H groups in total. The summed E-state index contributed by atoms with van der Waals surface area (Å²) in [5.74, 6) is -0.443. The molecule has 1 aliphatic heterocycles. The molecule has 0 atom stereocenters. The Kier molecular flexibility index (Phi) is 6.63. The van der Waals surface area contributed by atoms with Crippen LogP contribution in [-0.4, -0.2) is 54.4 Å². The van der Waals surface area contributed by atoms with Gasteiger partial charge in [-0.05, 0) is 36.8 Å². The lowest BCUT2D eigenvalue weighted by Crippen LogP contribution is -2.53. The molecule has 0 spiro atoms. The zero-order valence-electron chi connectivity index (χ0n) is 16.4. The van der Waals surface area contributed by atoms with Crippen molar-refractivity contribution in [1.82, 2.24) is 15.1 Å². The van der Waals surface area contributed by atoms with E-state index in [-0.39, 0.29) is 23.8 Å². The summed E-state index contributed by atoms with van der Waals surface area (Å²) in [6, 6.07) is 5.82. The fourth-order valence-corrected chi connectivity index (χ4v) is 3.21. The van der Waals surface area contributed by atoms with Gasteiger partial charge in [-0.3, -0.25) is 4.79 Å². The number of hydrogen-bond donors (Lipinski definition) is 1. The number of carbonyl (C=O) groups excluding carboxylic acids is 1. The van der Waals surface area contributed by atoms with Crippen LogP contribution in [0.25, 0.3) is 0 Å². The standard InChI is InChI=1S/C20H22F4N4O2/c1-2-25-19(26-13-14-5-6-15(21)12-16(14)20(22,23)24)28-9-7-27(8-10-28)18(29)17-4-3-11-30-17/h3-6,11-12H,2,7-10,13H2,1H3,(H,25,26). The van der Waals surface area contributed by atoms with E-state index in [0.29, 0.717) is 44.7 Å². The fourth-order valence-electron chi connectivity index (χ4n) is 3.21. The SMILES string of the molecule is CCNC(=NCc1ccc(F)cc1C(F)(F)F)N1CCN(C(=O)c2ccco2)CC1. The molecule has 10 heteroatoms. The van der Waals surface area contributed by atoms with E-state index < -0.39 is 17.6 Å². The zero-order valence-corrected chi connectivity index (χ0v) is 16.4. The van der Waals surface area contributed by atoms with Crippen molar-refractivity contribution < 1.29 is 26.8 Å². The number of hydrogen-bond acceptors (Lipinski definition) is 3. The van der Waals surface area contributed by atoms with E-state index in [2.05, 4.69) is 10.3 Å². The Morgan fingerprint density at radius 2 is 1.87 bits per heavy atom. The minimum atomic E-state index is -4.66. The molecule has 1 amide bonds. The van der Waals surface area contributed by atoms with Crippen LogP contribution in [0.4, 0.5) is 17.6 Å². The van der Waals surface area contributed by atoms with Crippen molar-refractivity contribution in [3.63, 3.8) is 0 Å². The zero-order chi connectivity index (χ0) is 21.7. The first-order valence-electron chi connectivity index (χ1n) is 9.51. The molecule has 0 saturated carbocycles. The molecule has 1 fully saturated rings. The quantitative estimate of drug-likeness (QED) is 0.463. The molecule has 162 valence electrons. The summed E-state index contributed by atoms with van der Waals surface area (Å²) in [6.07, 6.45) is -3.23. The normalized spacial score (nSPS) is 15.4. The number of rotatable bonds is 4. The van der Waals surface area contributed by atoms with Crippen LogP contribution in [0.3, 0.4) is 0 Å². The Morgan fingerprint density at radius 3 is 2.47 bits per heavy atom. The van der Waals surface area contributed by atoms with Crippen molar-refractivity contribution in [3.8, 4) is 0 Å². The summed E-state index contributed by atoms with van der Waals surface area (Å²) in [6.45, 7) is 3.92. The van der Waals surface area contributed by atoms with Crippen LogP contribution in [0, 0.1) is 5.82 Å². The van der Waals surface area contributed by atoms with Crippen molar-refractivity contribution in [2.24, 2.45) is 4.99 Å². The van der Waals surface area contributed by atoms with Crippen LogP contribution >= 0.6 is 0 Å². The van der Waals surface area contributed by atoms with Gasteiger partial charge < -0.3 is 19.5 Å². The third-order valence-electron chi connectivity index (χ3n) is 4.71. The van der Waals surface area contributed by atoms with E-state index in [1.807, 2.05) is 11.8 Å². The minimum absolute atomic E-state index is 0.106. The lowest BCUT2D eigenvalue weighted by atomic mass is 10.1. The first kappa shape index (κ1) is 21.7. The van der Waals surface area contributed by atoms with E-state index in [1.165, 1.54) is 6.26 Å². The van der Waals surface area contributed by atoms with Gasteiger partial charge >= 0.3 is 6.18 Å². The highest BCUT2D eigenvalue weighted by molar-refractivity contribution is 5.91. The third kappa shape index (κ3) is 5.11. The maximum atomic E-state index is 13.3. The maximum absolute atomic E-state index is 13.3. The summed E-state index contributed by atoms with van der Waals surface area (Å²) < 4.78 is 58.0. The summed E-state index contributed by atoms with van der Waals surface area (Å²) in [5, 5.41) is 3.06. The Hall–Kier alpha value is -3.04.